The molecule has 0 saturated carbocycles. The number of amides is 2. The summed E-state index contributed by atoms with van der Waals surface area (Å²) in [6.07, 6.45) is 0.474. The van der Waals surface area contributed by atoms with Crippen LogP contribution in [0.25, 0.3) is 11.0 Å². The second-order valence-corrected chi connectivity index (χ2v) is 8.60. The number of rotatable bonds is 6. The average Bonchev–Trinajstić information content (AvgIpc) is 3.15. The highest BCUT2D eigenvalue weighted by Crippen LogP contribution is 2.35. The van der Waals surface area contributed by atoms with E-state index < -0.39 is 4.75 Å². The Kier molecular flexibility index (Phi) is 4.96. The number of hydrogen-bond acceptors (Lipinski definition) is 6. The van der Waals surface area contributed by atoms with Crippen LogP contribution in [0.3, 0.4) is 0 Å². The van der Waals surface area contributed by atoms with Crippen LogP contribution in [0.1, 0.15) is 18.3 Å². The molecule has 1 aliphatic rings. The molecule has 29 heavy (non-hydrogen) atoms. The number of aromatic nitrogens is 2. The summed E-state index contributed by atoms with van der Waals surface area (Å²) in [5, 5.41) is 2.05. The summed E-state index contributed by atoms with van der Waals surface area (Å²) in [7, 11) is 3.59. The first-order chi connectivity index (χ1) is 13.9. The Labute approximate surface area is 172 Å². The SMILES string of the molecule is COc1ccc2nc(COc3ccc(C[C@]4(C)SC(=O)NC4=O)cc3)n(C)c2c1. The number of aryl methyl sites for hydroxylation is 1. The Morgan fingerprint density at radius 2 is 1.86 bits per heavy atom. The molecule has 0 bridgehead atoms. The zero-order valence-electron chi connectivity index (χ0n) is 16.4. The molecule has 1 saturated heterocycles. The highest BCUT2D eigenvalue weighted by atomic mass is 32.2. The number of carbonyl (C=O) groups excluding carboxylic acids is 2. The average molecular weight is 411 g/mol. The van der Waals surface area contributed by atoms with Crippen LogP contribution in [0, 0.1) is 0 Å². The molecule has 1 aromatic heterocycles. The molecular weight excluding hydrogens is 390 g/mol. The van der Waals surface area contributed by atoms with Crippen molar-refractivity contribution in [1.82, 2.24) is 14.9 Å². The van der Waals surface area contributed by atoms with Crippen molar-refractivity contribution in [3.8, 4) is 11.5 Å². The molecule has 7 nitrogen and oxygen atoms in total. The second-order valence-electron chi connectivity index (χ2n) is 7.13. The van der Waals surface area contributed by atoms with E-state index in [1.165, 1.54) is 0 Å². The lowest BCUT2D eigenvalue weighted by Gasteiger charge is -2.18. The van der Waals surface area contributed by atoms with Gasteiger partial charge in [0, 0.05) is 13.1 Å². The zero-order valence-corrected chi connectivity index (χ0v) is 17.2. The van der Waals surface area contributed by atoms with Crippen LogP contribution >= 0.6 is 11.8 Å². The van der Waals surface area contributed by atoms with Gasteiger partial charge in [-0.05, 0) is 54.9 Å². The lowest BCUT2D eigenvalue weighted by molar-refractivity contribution is -0.121. The van der Waals surface area contributed by atoms with E-state index in [1.807, 2.05) is 54.1 Å². The van der Waals surface area contributed by atoms with E-state index in [-0.39, 0.29) is 11.1 Å². The molecule has 0 aliphatic carbocycles. The van der Waals surface area contributed by atoms with Gasteiger partial charge in [0.25, 0.3) is 5.24 Å². The molecular formula is C21H21N3O4S. The van der Waals surface area contributed by atoms with Crippen LogP contribution in [0.5, 0.6) is 11.5 Å². The van der Waals surface area contributed by atoms with Gasteiger partial charge in [0.1, 0.15) is 28.7 Å². The summed E-state index contributed by atoms with van der Waals surface area (Å²) in [5.41, 5.74) is 2.83. The van der Waals surface area contributed by atoms with Crippen molar-refractivity contribution in [2.45, 2.75) is 24.7 Å². The molecule has 2 heterocycles. The van der Waals surface area contributed by atoms with E-state index in [0.717, 1.165) is 39.9 Å². The predicted octanol–water partition coefficient (Wildman–Crippen LogP) is 3.45. The molecule has 150 valence electrons. The first-order valence-corrected chi connectivity index (χ1v) is 9.95. The number of nitrogens with zero attached hydrogens (tertiary/aromatic N) is 2. The van der Waals surface area contributed by atoms with Crippen molar-refractivity contribution in [1.29, 1.82) is 0 Å². The van der Waals surface area contributed by atoms with Crippen molar-refractivity contribution < 1.29 is 19.1 Å². The van der Waals surface area contributed by atoms with Crippen molar-refractivity contribution in [3.05, 3.63) is 53.9 Å². The fourth-order valence-corrected chi connectivity index (χ4v) is 4.27. The predicted molar refractivity (Wildman–Crippen MR) is 111 cm³/mol. The minimum atomic E-state index is -0.770. The lowest BCUT2D eigenvalue weighted by Crippen LogP contribution is -2.35. The summed E-state index contributed by atoms with van der Waals surface area (Å²) in [6, 6.07) is 13.3. The number of methoxy groups -OCH3 is 1. The van der Waals surface area contributed by atoms with E-state index in [0.29, 0.717) is 18.8 Å². The molecule has 0 spiro atoms. The third-order valence-corrected chi connectivity index (χ3v) is 6.09. The van der Waals surface area contributed by atoms with Gasteiger partial charge >= 0.3 is 0 Å². The summed E-state index contributed by atoms with van der Waals surface area (Å²) >= 11 is 1.04. The number of fused-ring (bicyclic) bond motifs is 1. The first kappa shape index (κ1) is 19.3. The number of benzene rings is 2. The minimum absolute atomic E-state index is 0.244. The number of nitrogens with one attached hydrogen (secondary N) is 1. The van der Waals surface area contributed by atoms with Gasteiger partial charge in [0.2, 0.25) is 5.91 Å². The highest BCUT2D eigenvalue weighted by molar-refractivity contribution is 8.16. The fraction of sp³-hybridized carbons (Fsp3) is 0.286. The Morgan fingerprint density at radius 3 is 2.52 bits per heavy atom. The highest BCUT2D eigenvalue weighted by Gasteiger charge is 2.43. The van der Waals surface area contributed by atoms with E-state index in [1.54, 1.807) is 14.0 Å². The van der Waals surface area contributed by atoms with E-state index >= 15 is 0 Å². The topological polar surface area (TPSA) is 82.5 Å². The molecule has 0 radical (unpaired) electrons. The van der Waals surface area contributed by atoms with Crippen LogP contribution in [0.4, 0.5) is 4.79 Å². The van der Waals surface area contributed by atoms with Crippen molar-refractivity contribution >= 4 is 33.9 Å². The quantitative estimate of drug-likeness (QED) is 0.669. The molecule has 8 heteroatoms. The molecule has 3 aromatic rings. The largest absolute Gasteiger partial charge is 0.497 e. The van der Waals surface area contributed by atoms with Crippen molar-refractivity contribution in [2.75, 3.05) is 7.11 Å². The van der Waals surface area contributed by atoms with E-state index in [9.17, 15) is 9.59 Å². The van der Waals surface area contributed by atoms with Gasteiger partial charge < -0.3 is 14.0 Å². The Balaban J connectivity index is 1.43. The number of ether oxygens (including phenoxy) is 2. The summed E-state index contributed by atoms with van der Waals surface area (Å²) in [4.78, 5) is 28.1. The normalized spacial score (nSPS) is 18.9. The second kappa shape index (κ2) is 7.44. The number of thioether (sulfide) groups is 1. The molecule has 1 atom stereocenters. The van der Waals surface area contributed by atoms with Gasteiger partial charge in [0.05, 0.1) is 18.1 Å². The monoisotopic (exact) mass is 411 g/mol. The number of imidazole rings is 1. The van der Waals surface area contributed by atoms with E-state index in [4.69, 9.17) is 9.47 Å². The summed E-state index contributed by atoms with van der Waals surface area (Å²) < 4.78 is 12.4. The van der Waals surface area contributed by atoms with E-state index in [2.05, 4.69) is 10.3 Å². The molecule has 2 aromatic carbocycles. The summed E-state index contributed by atoms with van der Waals surface area (Å²) in [5.74, 6) is 2.06. The van der Waals surface area contributed by atoms with Gasteiger partial charge in [-0.25, -0.2) is 4.98 Å². The molecule has 1 aliphatic heterocycles. The third-order valence-electron chi connectivity index (χ3n) is 5.03. The zero-order chi connectivity index (χ0) is 20.6. The number of carbonyl (C=O) groups is 2. The number of hydrogen-bond donors (Lipinski definition) is 1. The Hall–Kier alpha value is -3.00. The minimum Gasteiger partial charge on any atom is -0.497 e. The van der Waals surface area contributed by atoms with Crippen LogP contribution in [0.2, 0.25) is 0 Å². The Morgan fingerprint density at radius 1 is 1.14 bits per heavy atom. The smallest absolute Gasteiger partial charge is 0.286 e. The summed E-state index contributed by atoms with van der Waals surface area (Å²) in [6.45, 7) is 2.11. The Bertz CT molecular complexity index is 1090. The standard InChI is InChI=1S/C21H21N3O4S/c1-21(19(25)23-20(26)29-21)11-13-4-6-14(7-5-13)28-12-18-22-16-9-8-15(27-3)10-17(16)24(18)2/h4-10H,11-12H2,1-3H3,(H,23,25,26)/t21-/m0/s1. The fourth-order valence-electron chi connectivity index (χ4n) is 3.33. The van der Waals surface area contributed by atoms with Crippen LogP contribution in [-0.4, -0.2) is 32.6 Å². The maximum atomic E-state index is 12.0. The third kappa shape index (κ3) is 3.80. The van der Waals surface area contributed by atoms with Gasteiger partial charge in [-0.1, -0.05) is 12.1 Å². The van der Waals surface area contributed by atoms with Crippen LogP contribution in [0.15, 0.2) is 42.5 Å². The molecule has 1 N–H and O–H groups in total. The van der Waals surface area contributed by atoms with Crippen molar-refractivity contribution in [2.24, 2.45) is 7.05 Å². The maximum Gasteiger partial charge on any atom is 0.286 e. The van der Waals surface area contributed by atoms with Gasteiger partial charge in [-0.2, -0.15) is 0 Å². The molecule has 2 amide bonds. The van der Waals surface area contributed by atoms with Crippen molar-refractivity contribution in [3.63, 3.8) is 0 Å². The molecule has 0 unspecified atom stereocenters. The van der Waals surface area contributed by atoms with Gasteiger partial charge in [-0.15, -0.1) is 0 Å². The first-order valence-electron chi connectivity index (χ1n) is 9.13. The molecule has 4 rings (SSSR count). The number of imide groups is 1. The molecule has 1 fully saturated rings. The van der Waals surface area contributed by atoms with Crippen LogP contribution in [-0.2, 0) is 24.9 Å². The van der Waals surface area contributed by atoms with Gasteiger partial charge in [0.15, 0.2) is 0 Å². The van der Waals surface area contributed by atoms with Gasteiger partial charge in [-0.3, -0.25) is 14.9 Å². The van der Waals surface area contributed by atoms with Crippen LogP contribution < -0.4 is 14.8 Å². The maximum absolute atomic E-state index is 12.0. The lowest BCUT2D eigenvalue weighted by atomic mass is 9.99.